The molecular weight excluding hydrogens is 154 g/mol. The molecule has 0 saturated heterocycles. The Bertz CT molecular complexity index is 189. The first kappa shape index (κ1) is 11.0. The molecule has 0 spiro atoms. The van der Waals surface area contributed by atoms with Gasteiger partial charge in [-0.1, -0.05) is 6.92 Å². The highest BCUT2D eigenvalue weighted by atomic mass is 16.4. The van der Waals surface area contributed by atoms with Crippen LogP contribution in [-0.2, 0) is 4.79 Å². The van der Waals surface area contributed by atoms with E-state index in [4.69, 9.17) is 11.5 Å². The molecular formula is C9H15NO2. The summed E-state index contributed by atoms with van der Waals surface area (Å²) in [6.45, 7) is 1.83. The number of likely N-dealkylation sites (N-methyl/N-ethyl adjacent to an activating group) is 1. The average Bonchev–Trinajstić information content (AvgIpc) is 2.07. The van der Waals surface area contributed by atoms with Crippen LogP contribution in [0.3, 0.4) is 0 Å². The van der Waals surface area contributed by atoms with Gasteiger partial charge in [0.25, 0.3) is 0 Å². The van der Waals surface area contributed by atoms with Gasteiger partial charge in [-0.15, -0.1) is 12.3 Å². The monoisotopic (exact) mass is 169 g/mol. The van der Waals surface area contributed by atoms with Crippen molar-refractivity contribution >= 4 is 5.97 Å². The minimum atomic E-state index is -0.841. The standard InChI is InChI=1S/C9H15NO2/c1-4-6-7-9(5-2,10-3)8(11)12/h1,10H,5-7H2,2-3H3,(H,11,12). The van der Waals surface area contributed by atoms with E-state index in [0.717, 1.165) is 0 Å². The second kappa shape index (κ2) is 4.78. The zero-order chi connectivity index (χ0) is 9.61. The molecule has 0 amide bonds. The summed E-state index contributed by atoms with van der Waals surface area (Å²) in [4.78, 5) is 10.9. The van der Waals surface area contributed by atoms with E-state index in [2.05, 4.69) is 11.2 Å². The number of hydrogen-bond donors (Lipinski definition) is 2. The molecule has 0 radical (unpaired) electrons. The molecule has 0 aliphatic heterocycles. The summed E-state index contributed by atoms with van der Waals surface area (Å²) in [6, 6.07) is 0. The third kappa shape index (κ3) is 2.24. The summed E-state index contributed by atoms with van der Waals surface area (Å²) in [5.74, 6) is 1.61. The van der Waals surface area contributed by atoms with Gasteiger partial charge < -0.3 is 10.4 Å². The molecule has 2 N–H and O–H groups in total. The molecule has 1 unspecified atom stereocenters. The molecule has 0 aliphatic carbocycles. The summed E-state index contributed by atoms with van der Waals surface area (Å²) >= 11 is 0. The molecule has 0 aliphatic rings. The highest BCUT2D eigenvalue weighted by Gasteiger charge is 2.33. The van der Waals surface area contributed by atoms with Gasteiger partial charge in [-0.25, -0.2) is 0 Å². The molecule has 0 aromatic rings. The van der Waals surface area contributed by atoms with E-state index < -0.39 is 11.5 Å². The fourth-order valence-electron chi connectivity index (χ4n) is 1.13. The Kier molecular flexibility index (Phi) is 4.38. The summed E-state index contributed by atoms with van der Waals surface area (Å²) in [7, 11) is 1.65. The van der Waals surface area contributed by atoms with Crippen LogP contribution in [0.4, 0.5) is 0 Å². The smallest absolute Gasteiger partial charge is 0.323 e. The zero-order valence-corrected chi connectivity index (χ0v) is 7.55. The fourth-order valence-corrected chi connectivity index (χ4v) is 1.13. The number of rotatable bonds is 5. The fraction of sp³-hybridized carbons (Fsp3) is 0.667. The van der Waals surface area contributed by atoms with Crippen molar-refractivity contribution in [3.8, 4) is 12.3 Å². The number of aliphatic carboxylic acids is 1. The third-order valence-electron chi connectivity index (χ3n) is 2.19. The van der Waals surface area contributed by atoms with E-state index in [1.807, 2.05) is 6.92 Å². The molecule has 12 heavy (non-hydrogen) atoms. The molecule has 3 heteroatoms. The number of hydrogen-bond acceptors (Lipinski definition) is 2. The normalized spacial score (nSPS) is 14.8. The first-order chi connectivity index (χ1) is 5.63. The molecule has 3 nitrogen and oxygen atoms in total. The van der Waals surface area contributed by atoms with E-state index in [1.165, 1.54) is 0 Å². The van der Waals surface area contributed by atoms with Crippen molar-refractivity contribution in [2.75, 3.05) is 7.05 Å². The zero-order valence-electron chi connectivity index (χ0n) is 7.55. The summed E-state index contributed by atoms with van der Waals surface area (Å²) in [5.41, 5.74) is -0.841. The predicted molar refractivity (Wildman–Crippen MR) is 47.8 cm³/mol. The Hall–Kier alpha value is -1.01. The second-order valence-electron chi connectivity index (χ2n) is 2.69. The van der Waals surface area contributed by atoms with Crippen LogP contribution < -0.4 is 5.32 Å². The van der Waals surface area contributed by atoms with Gasteiger partial charge in [-0.3, -0.25) is 4.79 Å². The number of carboxylic acid groups (broad SMARTS) is 1. The highest BCUT2D eigenvalue weighted by Crippen LogP contribution is 2.16. The summed E-state index contributed by atoms with van der Waals surface area (Å²) in [6.07, 6.45) is 6.58. The maximum Gasteiger partial charge on any atom is 0.323 e. The first-order valence-electron chi connectivity index (χ1n) is 3.98. The van der Waals surface area contributed by atoms with Gasteiger partial charge in [0.15, 0.2) is 0 Å². The molecule has 0 heterocycles. The van der Waals surface area contributed by atoms with Gasteiger partial charge in [-0.05, 0) is 19.9 Å². The largest absolute Gasteiger partial charge is 0.480 e. The van der Waals surface area contributed by atoms with E-state index in [9.17, 15) is 4.79 Å². The molecule has 0 rings (SSSR count). The van der Waals surface area contributed by atoms with Crippen molar-refractivity contribution in [1.29, 1.82) is 0 Å². The summed E-state index contributed by atoms with van der Waals surface area (Å²) < 4.78 is 0. The number of carbonyl (C=O) groups is 1. The number of nitrogens with one attached hydrogen (secondary N) is 1. The van der Waals surface area contributed by atoms with E-state index in [-0.39, 0.29) is 0 Å². The van der Waals surface area contributed by atoms with E-state index in [0.29, 0.717) is 19.3 Å². The molecule has 0 saturated carbocycles. The minimum absolute atomic E-state index is 0.478. The Morgan fingerprint density at radius 2 is 2.33 bits per heavy atom. The number of terminal acetylenes is 1. The highest BCUT2D eigenvalue weighted by molar-refractivity contribution is 5.78. The molecule has 0 aromatic heterocycles. The lowest BCUT2D eigenvalue weighted by molar-refractivity contribution is -0.145. The first-order valence-corrected chi connectivity index (χ1v) is 3.98. The van der Waals surface area contributed by atoms with Gasteiger partial charge >= 0.3 is 5.97 Å². The van der Waals surface area contributed by atoms with Crippen LogP contribution in [0, 0.1) is 12.3 Å². The minimum Gasteiger partial charge on any atom is -0.480 e. The third-order valence-corrected chi connectivity index (χ3v) is 2.19. The van der Waals surface area contributed by atoms with Crippen LogP contribution >= 0.6 is 0 Å². The molecule has 0 fully saturated rings. The quantitative estimate of drug-likeness (QED) is 0.600. The molecule has 0 aromatic carbocycles. The van der Waals surface area contributed by atoms with Crippen LogP contribution in [0.15, 0.2) is 0 Å². The van der Waals surface area contributed by atoms with Gasteiger partial charge in [-0.2, -0.15) is 0 Å². The van der Waals surface area contributed by atoms with E-state index >= 15 is 0 Å². The lowest BCUT2D eigenvalue weighted by Crippen LogP contribution is -2.49. The van der Waals surface area contributed by atoms with Crippen LogP contribution in [0.25, 0.3) is 0 Å². The van der Waals surface area contributed by atoms with Crippen molar-refractivity contribution < 1.29 is 9.90 Å². The van der Waals surface area contributed by atoms with Gasteiger partial charge in [0.05, 0.1) is 0 Å². The van der Waals surface area contributed by atoms with Crippen LogP contribution in [0.2, 0.25) is 0 Å². The summed E-state index contributed by atoms with van der Waals surface area (Å²) in [5, 5.41) is 11.7. The van der Waals surface area contributed by atoms with Crippen molar-refractivity contribution in [3.05, 3.63) is 0 Å². The van der Waals surface area contributed by atoms with Crippen LogP contribution in [0.1, 0.15) is 26.2 Å². The Labute approximate surface area is 73.2 Å². The van der Waals surface area contributed by atoms with Crippen LogP contribution in [0.5, 0.6) is 0 Å². The Morgan fingerprint density at radius 3 is 2.58 bits per heavy atom. The predicted octanol–water partition coefficient (Wildman–Crippen LogP) is 0.853. The second-order valence-corrected chi connectivity index (χ2v) is 2.69. The topological polar surface area (TPSA) is 49.3 Å². The van der Waals surface area contributed by atoms with Crippen molar-refractivity contribution in [3.63, 3.8) is 0 Å². The maximum atomic E-state index is 10.9. The van der Waals surface area contributed by atoms with Gasteiger partial charge in [0.1, 0.15) is 5.54 Å². The van der Waals surface area contributed by atoms with Crippen molar-refractivity contribution in [1.82, 2.24) is 5.32 Å². The van der Waals surface area contributed by atoms with Gasteiger partial charge in [0, 0.05) is 6.42 Å². The lowest BCUT2D eigenvalue weighted by atomic mass is 9.91. The lowest BCUT2D eigenvalue weighted by Gasteiger charge is -2.26. The van der Waals surface area contributed by atoms with E-state index in [1.54, 1.807) is 7.05 Å². The SMILES string of the molecule is C#CCCC(CC)(NC)C(=O)O. The number of carboxylic acids is 1. The van der Waals surface area contributed by atoms with Crippen molar-refractivity contribution in [2.24, 2.45) is 0 Å². The average molecular weight is 169 g/mol. The van der Waals surface area contributed by atoms with Crippen molar-refractivity contribution in [2.45, 2.75) is 31.7 Å². The van der Waals surface area contributed by atoms with Gasteiger partial charge in [0.2, 0.25) is 0 Å². The Balaban J connectivity index is 4.38. The Morgan fingerprint density at radius 1 is 1.75 bits per heavy atom. The maximum absolute atomic E-state index is 10.9. The molecule has 68 valence electrons. The van der Waals surface area contributed by atoms with Crippen LogP contribution in [-0.4, -0.2) is 23.7 Å². The molecule has 1 atom stereocenters. The molecule has 0 bridgehead atoms.